The van der Waals surface area contributed by atoms with E-state index >= 15 is 0 Å². The van der Waals surface area contributed by atoms with E-state index in [2.05, 4.69) is 10.3 Å². The lowest BCUT2D eigenvalue weighted by Gasteiger charge is -2.25. The number of halogens is 1. The first kappa shape index (κ1) is 25.5. The molecule has 1 amide bonds. The van der Waals surface area contributed by atoms with Gasteiger partial charge in [-0.2, -0.15) is 0 Å². The van der Waals surface area contributed by atoms with Crippen LogP contribution in [-0.2, 0) is 4.79 Å². The number of para-hydroxylation sites is 1. The second kappa shape index (κ2) is 10.7. The van der Waals surface area contributed by atoms with Crippen LogP contribution < -0.4 is 29.7 Å². The Hall–Kier alpha value is -4.14. The molecular weight excluding hydrogens is 522 g/mol. The first-order valence-corrected chi connectivity index (χ1v) is 13.0. The third kappa shape index (κ3) is 4.88. The van der Waals surface area contributed by atoms with E-state index in [1.54, 1.807) is 56.1 Å². The summed E-state index contributed by atoms with van der Waals surface area (Å²) in [4.78, 5) is 32.6. The molecule has 5 rings (SSSR count). The van der Waals surface area contributed by atoms with Crippen molar-refractivity contribution in [1.82, 2.24) is 4.57 Å². The Morgan fingerprint density at radius 2 is 1.79 bits per heavy atom. The zero-order valence-corrected chi connectivity index (χ0v) is 22.5. The lowest BCUT2D eigenvalue weighted by molar-refractivity contribution is -0.113. The van der Waals surface area contributed by atoms with E-state index in [-0.39, 0.29) is 11.5 Å². The summed E-state index contributed by atoms with van der Waals surface area (Å²) in [5.74, 6) is 0.889. The van der Waals surface area contributed by atoms with Crippen molar-refractivity contribution in [2.24, 2.45) is 4.99 Å². The van der Waals surface area contributed by atoms with Crippen molar-refractivity contribution in [1.29, 1.82) is 0 Å². The molecule has 0 aliphatic carbocycles. The van der Waals surface area contributed by atoms with E-state index in [4.69, 9.17) is 21.1 Å². The zero-order chi connectivity index (χ0) is 26.8. The second-order valence-corrected chi connectivity index (χ2v) is 10.0. The fourth-order valence-electron chi connectivity index (χ4n) is 4.37. The molecule has 0 bridgehead atoms. The van der Waals surface area contributed by atoms with Crippen LogP contribution in [0.1, 0.15) is 24.1 Å². The highest BCUT2D eigenvalue weighted by atomic mass is 35.5. The van der Waals surface area contributed by atoms with Gasteiger partial charge in [0.1, 0.15) is 11.5 Å². The van der Waals surface area contributed by atoms with Gasteiger partial charge in [0.15, 0.2) is 4.80 Å². The largest absolute Gasteiger partial charge is 0.497 e. The van der Waals surface area contributed by atoms with Crippen LogP contribution in [0, 0.1) is 0 Å². The van der Waals surface area contributed by atoms with Gasteiger partial charge in [0.25, 0.3) is 11.5 Å². The topological polar surface area (TPSA) is 81.9 Å². The van der Waals surface area contributed by atoms with Gasteiger partial charge >= 0.3 is 0 Å². The predicted octanol–water partition coefficient (Wildman–Crippen LogP) is 4.54. The molecule has 1 aromatic heterocycles. The third-order valence-corrected chi connectivity index (χ3v) is 7.45. The van der Waals surface area contributed by atoms with Crippen molar-refractivity contribution in [3.8, 4) is 11.5 Å². The maximum absolute atomic E-state index is 13.9. The standard InChI is InChI=1S/C29H24ClN3O4S/c1-17-25(27(34)32-21-7-5-4-6-8-21)26(18-9-12-20(30)13-10-18)33-28(35)24(38-29(33)31-17)15-19-11-14-22(36-2)16-23(19)37-3/h4-16,26H,1-3H3,(H,32,34)/b24-15-. The lowest BCUT2D eigenvalue weighted by atomic mass is 9.95. The molecule has 0 saturated carbocycles. The number of carbonyl (C=O) groups is 1. The van der Waals surface area contributed by atoms with Gasteiger partial charge in [-0.3, -0.25) is 14.2 Å². The predicted molar refractivity (Wildman–Crippen MR) is 150 cm³/mol. The number of hydrogen-bond donors (Lipinski definition) is 1. The van der Waals surface area contributed by atoms with Crippen molar-refractivity contribution in [3.05, 3.63) is 120 Å². The van der Waals surface area contributed by atoms with Crippen LogP contribution in [0.15, 0.2) is 93.9 Å². The van der Waals surface area contributed by atoms with Crippen LogP contribution in [-0.4, -0.2) is 24.7 Å². The first-order chi connectivity index (χ1) is 18.4. The summed E-state index contributed by atoms with van der Waals surface area (Å²) in [6.45, 7) is 1.78. The maximum Gasteiger partial charge on any atom is 0.271 e. The Labute approximate surface area is 228 Å². The number of allylic oxidation sites excluding steroid dienone is 1. The summed E-state index contributed by atoms with van der Waals surface area (Å²) < 4.78 is 12.8. The minimum absolute atomic E-state index is 0.260. The number of ether oxygens (including phenoxy) is 2. The number of amides is 1. The summed E-state index contributed by atoms with van der Waals surface area (Å²) >= 11 is 7.42. The average molecular weight is 546 g/mol. The Balaban J connectivity index is 1.67. The van der Waals surface area contributed by atoms with Crippen molar-refractivity contribution in [3.63, 3.8) is 0 Å². The Kier molecular flexibility index (Phi) is 7.18. The number of benzene rings is 3. The molecular formula is C29H24ClN3O4S. The molecule has 9 heteroatoms. The van der Waals surface area contributed by atoms with Gasteiger partial charge in [-0.15, -0.1) is 0 Å². The highest BCUT2D eigenvalue weighted by Gasteiger charge is 2.32. The van der Waals surface area contributed by atoms with Gasteiger partial charge in [-0.05, 0) is 55.0 Å². The zero-order valence-electron chi connectivity index (χ0n) is 20.9. The number of carbonyl (C=O) groups excluding carboxylic acids is 1. The number of rotatable bonds is 6. The fourth-order valence-corrected chi connectivity index (χ4v) is 5.53. The number of hydrogen-bond acceptors (Lipinski definition) is 6. The molecule has 0 saturated heterocycles. The minimum Gasteiger partial charge on any atom is -0.497 e. The normalized spacial score (nSPS) is 15.1. The summed E-state index contributed by atoms with van der Waals surface area (Å²) in [7, 11) is 3.15. The van der Waals surface area contributed by atoms with Crippen LogP contribution in [0.5, 0.6) is 11.5 Å². The second-order valence-electron chi connectivity index (χ2n) is 8.56. The Morgan fingerprint density at radius 3 is 2.47 bits per heavy atom. The molecule has 0 spiro atoms. The SMILES string of the molecule is COc1ccc(/C=c2\sc3n(c2=O)C(c2ccc(Cl)cc2)C(C(=O)Nc2ccccc2)=C(C)N=3)c(OC)c1. The van der Waals surface area contributed by atoms with Crippen LogP contribution >= 0.6 is 22.9 Å². The van der Waals surface area contributed by atoms with Gasteiger partial charge < -0.3 is 14.8 Å². The average Bonchev–Trinajstić information content (AvgIpc) is 3.23. The lowest BCUT2D eigenvalue weighted by Crippen LogP contribution is -2.40. The molecule has 4 aromatic rings. The van der Waals surface area contributed by atoms with Gasteiger partial charge in [-0.1, -0.05) is 53.3 Å². The number of methoxy groups -OCH3 is 2. The number of aromatic nitrogens is 1. The molecule has 3 aromatic carbocycles. The molecule has 0 radical (unpaired) electrons. The van der Waals surface area contributed by atoms with Crippen molar-refractivity contribution in [2.75, 3.05) is 19.5 Å². The first-order valence-electron chi connectivity index (χ1n) is 11.8. The third-order valence-electron chi connectivity index (χ3n) is 6.21. The van der Waals surface area contributed by atoms with Crippen molar-refractivity contribution in [2.45, 2.75) is 13.0 Å². The number of nitrogens with one attached hydrogen (secondary N) is 1. The van der Waals surface area contributed by atoms with Crippen LogP contribution in [0.3, 0.4) is 0 Å². The Bertz CT molecular complexity index is 1720. The number of fused-ring (bicyclic) bond motifs is 1. The molecule has 38 heavy (non-hydrogen) atoms. The van der Waals surface area contributed by atoms with Crippen molar-refractivity contribution >= 4 is 40.6 Å². The van der Waals surface area contributed by atoms with E-state index in [1.807, 2.05) is 48.5 Å². The molecule has 2 heterocycles. The highest BCUT2D eigenvalue weighted by molar-refractivity contribution is 7.07. The molecule has 1 atom stereocenters. The highest BCUT2D eigenvalue weighted by Crippen LogP contribution is 2.31. The summed E-state index contributed by atoms with van der Waals surface area (Å²) in [6.07, 6.45) is 1.77. The number of nitrogens with zero attached hydrogens (tertiary/aromatic N) is 2. The summed E-state index contributed by atoms with van der Waals surface area (Å²) in [5, 5.41) is 3.50. The summed E-state index contributed by atoms with van der Waals surface area (Å²) in [6, 6.07) is 21.0. The Morgan fingerprint density at radius 1 is 1.05 bits per heavy atom. The number of anilines is 1. The van der Waals surface area contributed by atoms with Gasteiger partial charge in [0, 0.05) is 22.3 Å². The maximum atomic E-state index is 13.9. The monoisotopic (exact) mass is 545 g/mol. The molecule has 1 aliphatic rings. The van der Waals surface area contributed by atoms with E-state index < -0.39 is 6.04 Å². The molecule has 1 N–H and O–H groups in total. The smallest absolute Gasteiger partial charge is 0.271 e. The molecule has 192 valence electrons. The van der Waals surface area contributed by atoms with Crippen molar-refractivity contribution < 1.29 is 14.3 Å². The quantitative estimate of drug-likeness (QED) is 0.385. The van der Waals surface area contributed by atoms with Gasteiger partial charge in [-0.25, -0.2) is 4.99 Å². The minimum atomic E-state index is -0.688. The van der Waals surface area contributed by atoms with Gasteiger partial charge in [0.05, 0.1) is 36.1 Å². The van der Waals surface area contributed by atoms with Crippen LogP contribution in [0.4, 0.5) is 5.69 Å². The summed E-state index contributed by atoms with van der Waals surface area (Å²) in [5.41, 5.74) is 2.78. The number of thiazole rings is 1. The van der Waals surface area contributed by atoms with Crippen LogP contribution in [0.2, 0.25) is 5.02 Å². The van der Waals surface area contributed by atoms with Crippen LogP contribution in [0.25, 0.3) is 6.08 Å². The molecule has 1 aliphatic heterocycles. The molecule has 7 nitrogen and oxygen atoms in total. The molecule has 0 fully saturated rings. The van der Waals surface area contributed by atoms with E-state index in [0.717, 1.165) is 11.1 Å². The fraction of sp³-hybridized carbons (Fsp3) is 0.138. The van der Waals surface area contributed by atoms with E-state index in [0.29, 0.717) is 42.8 Å². The van der Waals surface area contributed by atoms with Gasteiger partial charge in [0.2, 0.25) is 0 Å². The molecule has 1 unspecified atom stereocenters. The van der Waals surface area contributed by atoms with E-state index in [1.165, 1.54) is 11.3 Å². The van der Waals surface area contributed by atoms with E-state index in [9.17, 15) is 9.59 Å².